The molecule has 0 atom stereocenters. The average Bonchev–Trinajstić information content (AvgIpc) is 2.39. The van der Waals surface area contributed by atoms with Gasteiger partial charge < -0.3 is 11.1 Å². The molecule has 1 aromatic carbocycles. The number of rotatable bonds is 2. The SMILES string of the molecule is Cc1cc(NC(=O)c2c(F)ccc(N)c2F)cnc1Cl. The third-order valence-corrected chi connectivity index (χ3v) is 3.02. The van der Waals surface area contributed by atoms with Crippen molar-refractivity contribution >= 4 is 28.9 Å². The standard InChI is InChI=1S/C13H10ClF2N3O/c1-6-4-7(5-18-12(6)14)19-13(20)10-8(15)2-3-9(17)11(10)16/h2-5H,17H2,1H3,(H,19,20). The van der Waals surface area contributed by atoms with Crippen molar-refractivity contribution in [1.82, 2.24) is 4.98 Å². The molecule has 0 unspecified atom stereocenters. The summed E-state index contributed by atoms with van der Waals surface area (Å²) in [5.74, 6) is -3.04. The number of nitrogens with two attached hydrogens (primary N) is 1. The number of pyridine rings is 1. The zero-order valence-electron chi connectivity index (χ0n) is 10.4. The first-order chi connectivity index (χ1) is 9.40. The number of carbonyl (C=O) groups excluding carboxylic acids is 1. The highest BCUT2D eigenvalue weighted by Gasteiger charge is 2.19. The maximum atomic E-state index is 13.7. The third kappa shape index (κ3) is 2.70. The zero-order chi connectivity index (χ0) is 14.9. The van der Waals surface area contributed by atoms with Crippen LogP contribution in [0.1, 0.15) is 15.9 Å². The third-order valence-electron chi connectivity index (χ3n) is 2.62. The van der Waals surface area contributed by atoms with Crippen molar-refractivity contribution < 1.29 is 13.6 Å². The van der Waals surface area contributed by atoms with Crippen molar-refractivity contribution in [1.29, 1.82) is 0 Å². The number of anilines is 2. The lowest BCUT2D eigenvalue weighted by molar-refractivity contribution is 0.101. The summed E-state index contributed by atoms with van der Waals surface area (Å²) in [5, 5.41) is 2.62. The van der Waals surface area contributed by atoms with Crippen molar-refractivity contribution in [2.75, 3.05) is 11.1 Å². The Balaban J connectivity index is 2.33. The summed E-state index contributed by atoms with van der Waals surface area (Å²) < 4.78 is 27.2. The smallest absolute Gasteiger partial charge is 0.261 e. The molecule has 0 saturated carbocycles. The number of amides is 1. The molecule has 0 aliphatic heterocycles. The summed E-state index contributed by atoms with van der Waals surface area (Å²) in [6.45, 7) is 1.69. The molecule has 20 heavy (non-hydrogen) atoms. The van der Waals surface area contributed by atoms with Crippen LogP contribution >= 0.6 is 11.6 Å². The molecule has 3 N–H and O–H groups in total. The van der Waals surface area contributed by atoms with E-state index in [-0.39, 0.29) is 16.5 Å². The Morgan fingerprint density at radius 1 is 1.40 bits per heavy atom. The summed E-state index contributed by atoms with van der Waals surface area (Å²) in [7, 11) is 0. The second-order valence-corrected chi connectivity index (χ2v) is 4.47. The van der Waals surface area contributed by atoms with Gasteiger partial charge in [-0.25, -0.2) is 13.8 Å². The molecule has 104 valence electrons. The number of hydrogen-bond donors (Lipinski definition) is 2. The van der Waals surface area contributed by atoms with Crippen molar-refractivity contribution in [3.8, 4) is 0 Å². The summed E-state index contributed by atoms with van der Waals surface area (Å²) >= 11 is 5.75. The van der Waals surface area contributed by atoms with E-state index >= 15 is 0 Å². The molecule has 1 heterocycles. The number of nitrogen functional groups attached to an aromatic ring is 1. The van der Waals surface area contributed by atoms with Gasteiger partial charge in [0.25, 0.3) is 5.91 Å². The molecule has 1 aromatic heterocycles. The maximum absolute atomic E-state index is 13.7. The number of nitrogens with zero attached hydrogens (tertiary/aromatic N) is 1. The molecule has 2 aromatic rings. The number of aryl methyl sites for hydroxylation is 1. The first-order valence-electron chi connectivity index (χ1n) is 5.57. The molecule has 0 aliphatic rings. The van der Waals surface area contributed by atoms with Gasteiger partial charge in [0.1, 0.15) is 16.5 Å². The van der Waals surface area contributed by atoms with Crippen LogP contribution in [0, 0.1) is 18.6 Å². The van der Waals surface area contributed by atoms with E-state index in [0.717, 1.165) is 12.1 Å². The highest BCUT2D eigenvalue weighted by molar-refractivity contribution is 6.30. The average molecular weight is 298 g/mol. The van der Waals surface area contributed by atoms with E-state index < -0.39 is 23.1 Å². The molecule has 0 fully saturated rings. The van der Waals surface area contributed by atoms with Gasteiger partial charge in [-0.15, -0.1) is 0 Å². The van der Waals surface area contributed by atoms with E-state index in [1.54, 1.807) is 6.92 Å². The fourth-order valence-electron chi connectivity index (χ4n) is 1.60. The Morgan fingerprint density at radius 3 is 2.75 bits per heavy atom. The molecule has 4 nitrogen and oxygen atoms in total. The minimum Gasteiger partial charge on any atom is -0.396 e. The Labute approximate surface area is 118 Å². The summed E-state index contributed by atoms with van der Waals surface area (Å²) in [4.78, 5) is 15.7. The lowest BCUT2D eigenvalue weighted by Gasteiger charge is -2.09. The molecule has 0 spiro atoms. The number of halogens is 3. The monoisotopic (exact) mass is 297 g/mol. The minimum atomic E-state index is -1.10. The van der Waals surface area contributed by atoms with Crippen LogP contribution in [-0.2, 0) is 0 Å². The molecule has 7 heteroatoms. The minimum absolute atomic E-state index is 0.276. The largest absolute Gasteiger partial charge is 0.396 e. The Kier molecular flexibility index (Phi) is 3.85. The number of nitrogens with one attached hydrogen (secondary N) is 1. The van der Waals surface area contributed by atoms with Gasteiger partial charge >= 0.3 is 0 Å². The molecule has 0 aliphatic carbocycles. The molecule has 0 bridgehead atoms. The van der Waals surface area contributed by atoms with E-state index in [0.29, 0.717) is 5.56 Å². The number of hydrogen-bond acceptors (Lipinski definition) is 3. The fourth-order valence-corrected chi connectivity index (χ4v) is 1.70. The predicted molar refractivity (Wildman–Crippen MR) is 72.7 cm³/mol. The van der Waals surface area contributed by atoms with E-state index in [1.807, 2.05) is 0 Å². The highest BCUT2D eigenvalue weighted by Crippen LogP contribution is 2.21. The lowest BCUT2D eigenvalue weighted by atomic mass is 10.1. The van der Waals surface area contributed by atoms with Gasteiger partial charge in [-0.3, -0.25) is 4.79 Å². The van der Waals surface area contributed by atoms with Gasteiger partial charge in [-0.2, -0.15) is 0 Å². The summed E-state index contributed by atoms with van der Waals surface area (Å²) in [6.07, 6.45) is 1.29. The van der Waals surface area contributed by atoms with Crippen LogP contribution < -0.4 is 11.1 Å². The quantitative estimate of drug-likeness (QED) is 0.661. The zero-order valence-corrected chi connectivity index (χ0v) is 11.1. The van der Waals surface area contributed by atoms with E-state index in [2.05, 4.69) is 10.3 Å². The van der Waals surface area contributed by atoms with Crippen molar-refractivity contribution in [3.05, 3.63) is 52.3 Å². The first kappa shape index (κ1) is 14.2. The van der Waals surface area contributed by atoms with Crippen LogP contribution in [0.15, 0.2) is 24.4 Å². The Hall–Kier alpha value is -2.21. The predicted octanol–water partition coefficient (Wildman–Crippen LogP) is 3.16. The molecular weight excluding hydrogens is 288 g/mol. The van der Waals surface area contributed by atoms with Crippen LogP contribution in [0.25, 0.3) is 0 Å². The molecule has 0 saturated heterocycles. The first-order valence-corrected chi connectivity index (χ1v) is 5.95. The number of aromatic nitrogens is 1. The summed E-state index contributed by atoms with van der Waals surface area (Å²) in [6, 6.07) is 3.52. The lowest BCUT2D eigenvalue weighted by Crippen LogP contribution is -2.17. The van der Waals surface area contributed by atoms with E-state index in [4.69, 9.17) is 17.3 Å². The van der Waals surface area contributed by atoms with Crippen LogP contribution in [-0.4, -0.2) is 10.9 Å². The van der Waals surface area contributed by atoms with Gasteiger partial charge in [-0.1, -0.05) is 11.6 Å². The van der Waals surface area contributed by atoms with Gasteiger partial charge in [-0.05, 0) is 30.7 Å². The topological polar surface area (TPSA) is 68.0 Å². The van der Waals surface area contributed by atoms with Gasteiger partial charge in [0.15, 0.2) is 5.82 Å². The highest BCUT2D eigenvalue weighted by atomic mass is 35.5. The molecule has 1 amide bonds. The fraction of sp³-hybridized carbons (Fsp3) is 0.0769. The Bertz CT molecular complexity index is 692. The molecule has 2 rings (SSSR count). The van der Waals surface area contributed by atoms with E-state index in [1.165, 1.54) is 12.3 Å². The second kappa shape index (κ2) is 5.42. The normalized spacial score (nSPS) is 10.4. The second-order valence-electron chi connectivity index (χ2n) is 4.11. The van der Waals surface area contributed by atoms with Crippen molar-refractivity contribution in [2.45, 2.75) is 6.92 Å². The van der Waals surface area contributed by atoms with Crippen LogP contribution in [0.2, 0.25) is 5.15 Å². The Morgan fingerprint density at radius 2 is 2.10 bits per heavy atom. The van der Waals surface area contributed by atoms with Crippen molar-refractivity contribution in [3.63, 3.8) is 0 Å². The number of carbonyl (C=O) groups is 1. The van der Waals surface area contributed by atoms with Crippen LogP contribution in [0.3, 0.4) is 0 Å². The maximum Gasteiger partial charge on any atom is 0.261 e. The van der Waals surface area contributed by atoms with Gasteiger partial charge in [0, 0.05) is 0 Å². The van der Waals surface area contributed by atoms with Crippen LogP contribution in [0.4, 0.5) is 20.2 Å². The van der Waals surface area contributed by atoms with Gasteiger partial charge in [0.05, 0.1) is 17.6 Å². The number of benzene rings is 1. The van der Waals surface area contributed by atoms with Crippen molar-refractivity contribution in [2.24, 2.45) is 0 Å². The molecular formula is C13H10ClF2N3O. The summed E-state index contributed by atoms with van der Waals surface area (Å²) in [5.41, 5.74) is 5.17. The van der Waals surface area contributed by atoms with E-state index in [9.17, 15) is 13.6 Å². The van der Waals surface area contributed by atoms with Gasteiger partial charge in [0.2, 0.25) is 0 Å². The molecule has 0 radical (unpaired) electrons. The van der Waals surface area contributed by atoms with Crippen LogP contribution in [0.5, 0.6) is 0 Å².